The molecule has 6 atom stereocenters. The van der Waals surface area contributed by atoms with Crippen LogP contribution >= 0.6 is 0 Å². The van der Waals surface area contributed by atoms with Gasteiger partial charge < -0.3 is 14.5 Å². The molecule has 1 saturated heterocycles. The summed E-state index contributed by atoms with van der Waals surface area (Å²) >= 11 is 0. The monoisotopic (exact) mass is 450 g/mol. The highest BCUT2D eigenvalue weighted by molar-refractivity contribution is 5.79. The summed E-state index contributed by atoms with van der Waals surface area (Å²) in [4.78, 5) is 29.9. The summed E-state index contributed by atoms with van der Waals surface area (Å²) in [5.41, 5.74) is 1.10. The fourth-order valence-corrected chi connectivity index (χ4v) is 5.51. The molecule has 0 aromatic rings. The number of carbonyl (C=O) groups excluding carboxylic acids is 2. The maximum Gasteiger partial charge on any atom is 0.225 e. The lowest BCUT2D eigenvalue weighted by molar-refractivity contribution is -0.138. The summed E-state index contributed by atoms with van der Waals surface area (Å²) in [7, 11) is 3.82. The molecule has 1 aliphatic heterocycles. The van der Waals surface area contributed by atoms with Crippen LogP contribution in [0.25, 0.3) is 0 Å². The standard InChI is InChI=1S/C27H50N2O3/c1-11-19(5)27(28(9)20(6)16-18(3)4)25(32-10)17-26(31)29-15-13-14-24(29)23(12-2)21(7)22(8)30/h18-19,21,23-25,27H,6,11-17H2,1-5,7-10H3/t19-,21-,23?,24-,25?,27?/m0/s1. The lowest BCUT2D eigenvalue weighted by Crippen LogP contribution is -2.50. The fourth-order valence-electron chi connectivity index (χ4n) is 5.51. The Hall–Kier alpha value is -1.36. The number of nitrogens with zero attached hydrogens (tertiary/aromatic N) is 2. The van der Waals surface area contributed by atoms with Crippen molar-refractivity contribution in [1.29, 1.82) is 0 Å². The molecule has 0 radical (unpaired) electrons. The SMILES string of the molecule is C=C(CC(C)C)N(C)C(C(CC(=O)N1CCC[C@H]1C(CC)[C@@H](C)C(C)=O)OC)[C@@H](C)CC. The highest BCUT2D eigenvalue weighted by Crippen LogP contribution is 2.33. The molecule has 1 heterocycles. The molecule has 1 aliphatic rings. The third-order valence-electron chi connectivity index (χ3n) is 7.74. The predicted octanol–water partition coefficient (Wildman–Crippen LogP) is 5.54. The van der Waals surface area contributed by atoms with E-state index in [2.05, 4.69) is 58.0 Å². The number of rotatable bonds is 14. The third kappa shape index (κ3) is 7.33. The molecule has 0 N–H and O–H groups in total. The number of ketones is 1. The highest BCUT2D eigenvalue weighted by atomic mass is 16.5. The number of carbonyl (C=O) groups is 2. The van der Waals surface area contributed by atoms with E-state index < -0.39 is 0 Å². The van der Waals surface area contributed by atoms with Gasteiger partial charge in [0.15, 0.2) is 0 Å². The number of likely N-dealkylation sites (N-methyl/N-ethyl adjacent to an activating group) is 1. The Morgan fingerprint density at radius 2 is 1.75 bits per heavy atom. The molecule has 1 fully saturated rings. The first-order chi connectivity index (χ1) is 15.0. The molecule has 32 heavy (non-hydrogen) atoms. The van der Waals surface area contributed by atoms with Crippen molar-refractivity contribution in [2.45, 2.75) is 105 Å². The van der Waals surface area contributed by atoms with Crippen molar-refractivity contribution in [2.24, 2.45) is 23.7 Å². The Balaban J connectivity index is 3.06. The molecule has 0 saturated carbocycles. The lowest BCUT2D eigenvalue weighted by Gasteiger charge is -2.41. The summed E-state index contributed by atoms with van der Waals surface area (Å²) in [5.74, 6) is 1.48. The van der Waals surface area contributed by atoms with Gasteiger partial charge in [-0.25, -0.2) is 0 Å². The van der Waals surface area contributed by atoms with Crippen molar-refractivity contribution in [3.05, 3.63) is 12.3 Å². The van der Waals surface area contributed by atoms with Gasteiger partial charge in [0.1, 0.15) is 5.78 Å². The van der Waals surface area contributed by atoms with Crippen LogP contribution in [0.4, 0.5) is 0 Å². The first kappa shape index (κ1) is 28.7. The van der Waals surface area contributed by atoms with E-state index in [4.69, 9.17) is 4.74 Å². The zero-order chi connectivity index (χ0) is 24.6. The van der Waals surface area contributed by atoms with Crippen LogP contribution in [0, 0.1) is 23.7 Å². The van der Waals surface area contributed by atoms with Crippen LogP contribution in [0.5, 0.6) is 0 Å². The van der Waals surface area contributed by atoms with Gasteiger partial charge in [-0.1, -0.05) is 61.0 Å². The number of ether oxygens (including phenoxy) is 1. The van der Waals surface area contributed by atoms with E-state index >= 15 is 0 Å². The van der Waals surface area contributed by atoms with Gasteiger partial charge in [0.2, 0.25) is 5.91 Å². The predicted molar refractivity (Wildman–Crippen MR) is 133 cm³/mol. The van der Waals surface area contributed by atoms with Gasteiger partial charge in [0.05, 0.1) is 18.6 Å². The molecule has 0 bridgehead atoms. The summed E-state index contributed by atoms with van der Waals surface area (Å²) in [5, 5.41) is 0. The van der Waals surface area contributed by atoms with E-state index in [0.29, 0.717) is 18.3 Å². The molecule has 0 spiro atoms. The second-order valence-corrected chi connectivity index (χ2v) is 10.4. The zero-order valence-electron chi connectivity index (χ0n) is 22.3. The molecule has 0 aliphatic carbocycles. The third-order valence-corrected chi connectivity index (χ3v) is 7.74. The first-order valence-corrected chi connectivity index (χ1v) is 12.7. The molecule has 3 unspecified atom stereocenters. The molecular formula is C27H50N2O3. The maximum atomic E-state index is 13.5. The number of likely N-dealkylation sites (tertiary alicyclic amines) is 1. The van der Waals surface area contributed by atoms with E-state index in [1.807, 2.05) is 6.92 Å². The van der Waals surface area contributed by atoms with E-state index in [-0.39, 0.29) is 41.7 Å². The summed E-state index contributed by atoms with van der Waals surface area (Å²) < 4.78 is 5.97. The molecule has 5 heteroatoms. The minimum absolute atomic E-state index is 0.0185. The van der Waals surface area contributed by atoms with Crippen molar-refractivity contribution in [3.8, 4) is 0 Å². The van der Waals surface area contributed by atoms with Gasteiger partial charge in [-0.15, -0.1) is 0 Å². The number of Topliss-reactive ketones (excluding diaryl/α,β-unsaturated/α-hetero) is 1. The molecule has 5 nitrogen and oxygen atoms in total. The van der Waals surface area contributed by atoms with Crippen LogP contribution in [0.1, 0.15) is 87.0 Å². The zero-order valence-corrected chi connectivity index (χ0v) is 22.3. The van der Waals surface area contributed by atoms with Crippen LogP contribution in [-0.2, 0) is 14.3 Å². The average molecular weight is 451 g/mol. The van der Waals surface area contributed by atoms with Crippen molar-refractivity contribution in [3.63, 3.8) is 0 Å². The number of hydrogen-bond acceptors (Lipinski definition) is 4. The fraction of sp³-hybridized carbons (Fsp3) is 0.852. The topological polar surface area (TPSA) is 49.9 Å². The van der Waals surface area contributed by atoms with Gasteiger partial charge in [-0.05, 0) is 43.9 Å². The Bertz CT molecular complexity index is 618. The number of methoxy groups -OCH3 is 1. The molecule has 1 rings (SSSR count). The Kier molecular flexibility index (Phi) is 12.0. The van der Waals surface area contributed by atoms with Gasteiger partial charge in [0, 0.05) is 38.4 Å². The Morgan fingerprint density at radius 1 is 1.12 bits per heavy atom. The summed E-state index contributed by atoms with van der Waals surface area (Å²) in [6.45, 7) is 19.8. The lowest BCUT2D eigenvalue weighted by atomic mass is 9.81. The van der Waals surface area contributed by atoms with Crippen LogP contribution < -0.4 is 0 Å². The average Bonchev–Trinajstić information content (AvgIpc) is 3.22. The second-order valence-electron chi connectivity index (χ2n) is 10.4. The summed E-state index contributed by atoms with van der Waals surface area (Å²) in [6.07, 6.45) is 5.02. The van der Waals surface area contributed by atoms with Gasteiger partial charge >= 0.3 is 0 Å². The minimum atomic E-state index is -0.196. The highest BCUT2D eigenvalue weighted by Gasteiger charge is 2.39. The molecule has 0 aromatic heterocycles. The number of amides is 1. The van der Waals surface area contributed by atoms with Gasteiger partial charge in [-0.2, -0.15) is 0 Å². The van der Waals surface area contributed by atoms with Crippen molar-refractivity contribution in [1.82, 2.24) is 9.80 Å². The van der Waals surface area contributed by atoms with Crippen molar-refractivity contribution >= 4 is 11.7 Å². The number of hydrogen-bond donors (Lipinski definition) is 0. The van der Waals surface area contributed by atoms with Crippen LogP contribution in [0.3, 0.4) is 0 Å². The maximum absolute atomic E-state index is 13.5. The van der Waals surface area contributed by atoms with Crippen molar-refractivity contribution < 1.29 is 14.3 Å². The van der Waals surface area contributed by atoms with Gasteiger partial charge in [-0.3, -0.25) is 9.59 Å². The normalized spacial score (nSPS) is 21.2. The van der Waals surface area contributed by atoms with E-state index in [9.17, 15) is 9.59 Å². The van der Waals surface area contributed by atoms with E-state index in [1.54, 1.807) is 14.0 Å². The molecular weight excluding hydrogens is 400 g/mol. The first-order valence-electron chi connectivity index (χ1n) is 12.7. The number of allylic oxidation sites excluding steroid dienone is 1. The van der Waals surface area contributed by atoms with Crippen LogP contribution in [0.15, 0.2) is 12.3 Å². The summed E-state index contributed by atoms with van der Waals surface area (Å²) in [6, 6.07) is 0.249. The second kappa shape index (κ2) is 13.4. The van der Waals surface area contributed by atoms with Crippen LogP contribution in [0.2, 0.25) is 0 Å². The molecule has 0 aromatic carbocycles. The molecule has 186 valence electrons. The van der Waals surface area contributed by atoms with Crippen molar-refractivity contribution in [2.75, 3.05) is 20.7 Å². The smallest absolute Gasteiger partial charge is 0.225 e. The quantitative estimate of drug-likeness (QED) is 0.349. The van der Waals surface area contributed by atoms with Crippen LogP contribution in [-0.4, -0.2) is 60.4 Å². The minimum Gasteiger partial charge on any atom is -0.379 e. The van der Waals surface area contributed by atoms with Gasteiger partial charge in [0.25, 0.3) is 0 Å². The van der Waals surface area contributed by atoms with E-state index in [1.165, 1.54) is 0 Å². The van der Waals surface area contributed by atoms with E-state index in [0.717, 1.165) is 44.3 Å². The Morgan fingerprint density at radius 3 is 2.22 bits per heavy atom. The molecule has 1 amide bonds. The Labute approximate surface area is 197 Å². The largest absolute Gasteiger partial charge is 0.379 e.